The minimum absolute atomic E-state index is 0.00655. The molecule has 1 saturated heterocycles. The molecule has 2 amide bonds. The highest BCUT2D eigenvalue weighted by Gasteiger charge is 2.39. The van der Waals surface area contributed by atoms with Crippen molar-refractivity contribution in [3.63, 3.8) is 0 Å². The van der Waals surface area contributed by atoms with E-state index in [0.717, 1.165) is 11.3 Å². The van der Waals surface area contributed by atoms with Crippen LogP contribution in [0.25, 0.3) is 0 Å². The van der Waals surface area contributed by atoms with Crippen LogP contribution in [-0.2, 0) is 9.59 Å². The van der Waals surface area contributed by atoms with E-state index in [4.69, 9.17) is 4.74 Å². The Bertz CT molecular complexity index is 518. The average molecular weight is 308 g/mol. The number of rotatable bonds is 5. The number of ether oxygens (including phenoxy) is 1. The van der Waals surface area contributed by atoms with E-state index < -0.39 is 0 Å². The largest absolute Gasteiger partial charge is 0.497 e. The van der Waals surface area contributed by atoms with Gasteiger partial charge >= 0.3 is 0 Å². The lowest BCUT2D eigenvalue weighted by Crippen LogP contribution is -2.40. The van der Waals surface area contributed by atoms with E-state index in [1.165, 1.54) is 0 Å². The molecule has 114 valence electrons. The SMILES string of the molecule is CCNC(=O)CN1C(=O)C(C)SC1c1ccc(OC)cc1. The summed E-state index contributed by atoms with van der Waals surface area (Å²) in [4.78, 5) is 25.7. The van der Waals surface area contributed by atoms with Gasteiger partial charge in [-0.2, -0.15) is 0 Å². The molecule has 1 aliphatic rings. The van der Waals surface area contributed by atoms with E-state index >= 15 is 0 Å². The molecule has 1 N–H and O–H groups in total. The highest BCUT2D eigenvalue weighted by Crippen LogP contribution is 2.42. The fraction of sp³-hybridized carbons (Fsp3) is 0.467. The summed E-state index contributed by atoms with van der Waals surface area (Å²) in [6.07, 6.45) is 0. The van der Waals surface area contributed by atoms with Gasteiger partial charge in [0.05, 0.1) is 12.4 Å². The summed E-state index contributed by atoms with van der Waals surface area (Å²) in [5.74, 6) is 0.655. The Kier molecular flexibility index (Phi) is 5.12. The molecule has 1 fully saturated rings. The van der Waals surface area contributed by atoms with Gasteiger partial charge in [0.15, 0.2) is 0 Å². The zero-order valence-corrected chi connectivity index (χ0v) is 13.3. The molecule has 0 aliphatic carbocycles. The number of carbonyl (C=O) groups excluding carboxylic acids is 2. The first-order chi connectivity index (χ1) is 10.1. The summed E-state index contributed by atoms with van der Waals surface area (Å²) in [7, 11) is 1.62. The molecule has 1 heterocycles. The number of methoxy groups -OCH3 is 1. The van der Waals surface area contributed by atoms with Gasteiger partial charge < -0.3 is 15.0 Å². The highest BCUT2D eigenvalue weighted by atomic mass is 32.2. The van der Waals surface area contributed by atoms with Gasteiger partial charge in [-0.1, -0.05) is 12.1 Å². The maximum atomic E-state index is 12.3. The molecule has 0 saturated carbocycles. The number of thioether (sulfide) groups is 1. The molecule has 21 heavy (non-hydrogen) atoms. The molecular weight excluding hydrogens is 288 g/mol. The quantitative estimate of drug-likeness (QED) is 0.901. The molecule has 1 aromatic rings. The predicted molar refractivity (Wildman–Crippen MR) is 83.2 cm³/mol. The van der Waals surface area contributed by atoms with Crippen LogP contribution in [-0.4, -0.2) is 42.2 Å². The van der Waals surface area contributed by atoms with E-state index in [1.54, 1.807) is 23.8 Å². The van der Waals surface area contributed by atoms with Gasteiger partial charge in [0.2, 0.25) is 11.8 Å². The number of carbonyl (C=O) groups is 2. The van der Waals surface area contributed by atoms with E-state index in [2.05, 4.69) is 5.32 Å². The second-order valence-corrected chi connectivity index (χ2v) is 6.25. The van der Waals surface area contributed by atoms with Crippen LogP contribution < -0.4 is 10.1 Å². The summed E-state index contributed by atoms with van der Waals surface area (Å²) in [5.41, 5.74) is 1.00. The number of likely N-dealkylation sites (N-methyl/N-ethyl adjacent to an activating group) is 1. The average Bonchev–Trinajstić information content (AvgIpc) is 2.76. The Balaban J connectivity index is 2.18. The molecule has 2 unspecified atom stereocenters. The number of amides is 2. The van der Waals surface area contributed by atoms with Crippen LogP contribution in [0.3, 0.4) is 0 Å². The lowest BCUT2D eigenvalue weighted by atomic mass is 10.2. The molecule has 0 spiro atoms. The van der Waals surface area contributed by atoms with Crippen LogP contribution in [0.15, 0.2) is 24.3 Å². The first-order valence-electron chi connectivity index (χ1n) is 6.93. The summed E-state index contributed by atoms with van der Waals surface area (Å²) in [6.45, 7) is 4.40. The first-order valence-corrected chi connectivity index (χ1v) is 7.87. The van der Waals surface area contributed by atoms with E-state index in [0.29, 0.717) is 6.54 Å². The van der Waals surface area contributed by atoms with Crippen molar-refractivity contribution in [3.8, 4) is 5.75 Å². The number of nitrogens with zero attached hydrogens (tertiary/aromatic N) is 1. The van der Waals surface area contributed by atoms with Crippen LogP contribution in [0.5, 0.6) is 5.75 Å². The van der Waals surface area contributed by atoms with Crippen LogP contribution in [0.1, 0.15) is 24.8 Å². The van der Waals surface area contributed by atoms with Crippen molar-refractivity contribution in [1.82, 2.24) is 10.2 Å². The Morgan fingerprint density at radius 1 is 1.38 bits per heavy atom. The molecule has 2 atom stereocenters. The Labute approximate surface area is 129 Å². The first kappa shape index (κ1) is 15.7. The predicted octanol–water partition coefficient (Wildman–Crippen LogP) is 1.79. The zero-order valence-electron chi connectivity index (χ0n) is 12.5. The molecule has 0 radical (unpaired) electrons. The molecule has 1 aromatic carbocycles. The molecule has 0 aromatic heterocycles. The number of hydrogen-bond donors (Lipinski definition) is 1. The van der Waals surface area contributed by atoms with Crippen LogP contribution in [0.2, 0.25) is 0 Å². The van der Waals surface area contributed by atoms with Crippen LogP contribution in [0.4, 0.5) is 0 Å². The monoisotopic (exact) mass is 308 g/mol. The van der Waals surface area contributed by atoms with E-state index in [-0.39, 0.29) is 29.0 Å². The Morgan fingerprint density at radius 3 is 2.62 bits per heavy atom. The summed E-state index contributed by atoms with van der Waals surface area (Å²) in [6, 6.07) is 7.61. The second kappa shape index (κ2) is 6.85. The van der Waals surface area contributed by atoms with Crippen molar-refractivity contribution in [3.05, 3.63) is 29.8 Å². The van der Waals surface area contributed by atoms with Crippen molar-refractivity contribution in [2.45, 2.75) is 24.5 Å². The minimum Gasteiger partial charge on any atom is -0.497 e. The van der Waals surface area contributed by atoms with Crippen molar-refractivity contribution in [2.24, 2.45) is 0 Å². The van der Waals surface area contributed by atoms with Crippen molar-refractivity contribution in [2.75, 3.05) is 20.2 Å². The molecule has 2 rings (SSSR count). The standard InChI is InChI=1S/C15H20N2O3S/c1-4-16-13(18)9-17-14(19)10(2)21-15(17)11-5-7-12(20-3)8-6-11/h5-8,10,15H,4,9H2,1-3H3,(H,16,18). The Hall–Kier alpha value is -1.69. The fourth-order valence-corrected chi connectivity index (χ4v) is 3.55. The maximum absolute atomic E-state index is 12.3. The molecule has 6 heteroatoms. The normalized spacial score (nSPS) is 21.5. The summed E-state index contributed by atoms with van der Waals surface area (Å²) >= 11 is 1.56. The third-order valence-electron chi connectivity index (χ3n) is 3.34. The van der Waals surface area contributed by atoms with Crippen LogP contribution in [0, 0.1) is 0 Å². The van der Waals surface area contributed by atoms with Crippen molar-refractivity contribution >= 4 is 23.6 Å². The van der Waals surface area contributed by atoms with Gasteiger partial charge in [0, 0.05) is 6.54 Å². The smallest absolute Gasteiger partial charge is 0.239 e. The second-order valence-electron chi connectivity index (χ2n) is 4.82. The summed E-state index contributed by atoms with van der Waals surface area (Å²) in [5, 5.41) is 2.48. The fourth-order valence-electron chi connectivity index (χ4n) is 2.27. The maximum Gasteiger partial charge on any atom is 0.239 e. The third-order valence-corrected chi connectivity index (χ3v) is 4.73. The van der Waals surface area contributed by atoms with Gasteiger partial charge in [0.25, 0.3) is 0 Å². The third kappa shape index (κ3) is 3.50. The number of nitrogens with one attached hydrogen (secondary N) is 1. The lowest BCUT2D eigenvalue weighted by molar-refractivity contribution is -0.135. The van der Waals surface area contributed by atoms with Gasteiger partial charge in [0.1, 0.15) is 17.7 Å². The van der Waals surface area contributed by atoms with E-state index in [1.807, 2.05) is 38.1 Å². The van der Waals surface area contributed by atoms with E-state index in [9.17, 15) is 9.59 Å². The molecule has 1 aliphatic heterocycles. The minimum atomic E-state index is -0.133. The topological polar surface area (TPSA) is 58.6 Å². The highest BCUT2D eigenvalue weighted by molar-refractivity contribution is 8.01. The van der Waals surface area contributed by atoms with Gasteiger partial charge in [-0.15, -0.1) is 11.8 Å². The summed E-state index contributed by atoms with van der Waals surface area (Å²) < 4.78 is 5.15. The van der Waals surface area contributed by atoms with Gasteiger partial charge in [-0.3, -0.25) is 9.59 Å². The number of benzene rings is 1. The van der Waals surface area contributed by atoms with Crippen molar-refractivity contribution < 1.29 is 14.3 Å². The molecule has 0 bridgehead atoms. The van der Waals surface area contributed by atoms with Gasteiger partial charge in [-0.25, -0.2) is 0 Å². The zero-order chi connectivity index (χ0) is 15.4. The van der Waals surface area contributed by atoms with Crippen molar-refractivity contribution in [1.29, 1.82) is 0 Å². The molecule has 5 nitrogen and oxygen atoms in total. The van der Waals surface area contributed by atoms with Crippen LogP contribution >= 0.6 is 11.8 Å². The lowest BCUT2D eigenvalue weighted by Gasteiger charge is -2.23. The molecular formula is C15H20N2O3S. The Morgan fingerprint density at radius 2 is 2.05 bits per heavy atom. The number of hydrogen-bond acceptors (Lipinski definition) is 4. The van der Waals surface area contributed by atoms with Gasteiger partial charge in [-0.05, 0) is 31.5 Å².